The molecule has 0 radical (unpaired) electrons. The summed E-state index contributed by atoms with van der Waals surface area (Å²) in [7, 11) is 1.62. The molecule has 4 heteroatoms. The fourth-order valence-electron chi connectivity index (χ4n) is 2.23. The lowest BCUT2D eigenvalue weighted by atomic mass is 9.98. The lowest BCUT2D eigenvalue weighted by molar-refractivity contribution is 0.103. The lowest BCUT2D eigenvalue weighted by Crippen LogP contribution is -2.04. The van der Waals surface area contributed by atoms with Crippen molar-refractivity contribution in [1.82, 2.24) is 0 Å². The second-order valence-corrected chi connectivity index (χ2v) is 5.44. The maximum absolute atomic E-state index is 12.5. The molecule has 0 aliphatic rings. The van der Waals surface area contributed by atoms with Gasteiger partial charge in [0, 0.05) is 16.1 Å². The van der Waals surface area contributed by atoms with Crippen LogP contribution in [0.2, 0.25) is 10.0 Å². The van der Waals surface area contributed by atoms with Crippen molar-refractivity contribution in [2.75, 3.05) is 7.11 Å². The van der Waals surface area contributed by atoms with E-state index in [1.807, 2.05) is 13.8 Å². The number of carbonyl (C=O) groups excluding carboxylic acids is 1. The molecule has 0 N–H and O–H groups in total. The van der Waals surface area contributed by atoms with Gasteiger partial charge in [-0.15, -0.1) is 0 Å². The van der Waals surface area contributed by atoms with Crippen LogP contribution in [-0.2, 0) is 0 Å². The minimum Gasteiger partial charge on any atom is -0.496 e. The summed E-state index contributed by atoms with van der Waals surface area (Å²) in [4.78, 5) is 12.5. The SMILES string of the molecule is COc1c(C)cc(C(=O)c2ccc(Cl)cc2Cl)cc1C. The molecule has 2 rings (SSSR count). The number of hydrogen-bond donors (Lipinski definition) is 0. The Morgan fingerprint density at radius 2 is 1.65 bits per heavy atom. The highest BCUT2D eigenvalue weighted by molar-refractivity contribution is 6.37. The van der Waals surface area contributed by atoms with Gasteiger partial charge in [-0.05, 0) is 55.3 Å². The summed E-state index contributed by atoms with van der Waals surface area (Å²) in [5.74, 6) is 0.671. The standard InChI is InChI=1S/C16H14Cl2O2/c1-9-6-11(7-10(2)16(9)20-3)15(19)13-5-4-12(17)8-14(13)18/h4-8H,1-3H3. The Hall–Kier alpha value is -1.51. The smallest absolute Gasteiger partial charge is 0.194 e. The van der Waals surface area contributed by atoms with Gasteiger partial charge in [0.15, 0.2) is 5.78 Å². The Balaban J connectivity index is 2.49. The first-order valence-corrected chi connectivity index (χ1v) is 6.84. The maximum Gasteiger partial charge on any atom is 0.194 e. The third-order valence-electron chi connectivity index (χ3n) is 3.10. The van der Waals surface area contributed by atoms with Crippen molar-refractivity contribution >= 4 is 29.0 Å². The number of methoxy groups -OCH3 is 1. The van der Waals surface area contributed by atoms with Crippen LogP contribution in [0.15, 0.2) is 30.3 Å². The molecule has 0 bridgehead atoms. The zero-order valence-electron chi connectivity index (χ0n) is 11.5. The van der Waals surface area contributed by atoms with Crippen molar-refractivity contribution < 1.29 is 9.53 Å². The fourth-order valence-corrected chi connectivity index (χ4v) is 2.73. The predicted molar refractivity (Wildman–Crippen MR) is 82.4 cm³/mol. The monoisotopic (exact) mass is 308 g/mol. The quantitative estimate of drug-likeness (QED) is 0.758. The second kappa shape index (κ2) is 5.86. The van der Waals surface area contributed by atoms with Crippen molar-refractivity contribution in [1.29, 1.82) is 0 Å². The van der Waals surface area contributed by atoms with Crippen molar-refractivity contribution in [3.05, 3.63) is 62.6 Å². The highest BCUT2D eigenvalue weighted by Crippen LogP contribution is 2.28. The van der Waals surface area contributed by atoms with E-state index in [4.69, 9.17) is 27.9 Å². The van der Waals surface area contributed by atoms with Gasteiger partial charge >= 0.3 is 0 Å². The summed E-state index contributed by atoms with van der Waals surface area (Å²) >= 11 is 11.9. The highest BCUT2D eigenvalue weighted by Gasteiger charge is 2.15. The first-order valence-electron chi connectivity index (χ1n) is 6.09. The fraction of sp³-hybridized carbons (Fsp3) is 0.188. The zero-order chi connectivity index (χ0) is 14.9. The topological polar surface area (TPSA) is 26.3 Å². The van der Waals surface area contributed by atoms with Crippen LogP contribution in [0, 0.1) is 13.8 Å². The summed E-state index contributed by atoms with van der Waals surface area (Å²) in [5, 5.41) is 0.863. The number of hydrogen-bond acceptors (Lipinski definition) is 2. The van der Waals surface area contributed by atoms with E-state index >= 15 is 0 Å². The molecule has 0 aliphatic carbocycles. The minimum atomic E-state index is -0.125. The van der Waals surface area contributed by atoms with Crippen LogP contribution in [0.25, 0.3) is 0 Å². The van der Waals surface area contributed by atoms with E-state index in [9.17, 15) is 4.79 Å². The van der Waals surface area contributed by atoms with Crippen LogP contribution < -0.4 is 4.74 Å². The number of ether oxygens (including phenoxy) is 1. The molecule has 0 atom stereocenters. The molecule has 0 unspecified atom stereocenters. The van der Waals surface area contributed by atoms with E-state index in [0.717, 1.165) is 16.9 Å². The van der Waals surface area contributed by atoms with Crippen molar-refractivity contribution in [3.63, 3.8) is 0 Å². The van der Waals surface area contributed by atoms with Gasteiger partial charge in [-0.3, -0.25) is 4.79 Å². The van der Waals surface area contributed by atoms with Crippen LogP contribution in [0.4, 0.5) is 0 Å². The first-order chi connectivity index (χ1) is 9.43. The third kappa shape index (κ3) is 2.82. The Labute approximate surface area is 128 Å². The van der Waals surface area contributed by atoms with Crippen molar-refractivity contribution in [2.45, 2.75) is 13.8 Å². The largest absolute Gasteiger partial charge is 0.496 e. The van der Waals surface area contributed by atoms with Crippen LogP contribution >= 0.6 is 23.2 Å². The highest BCUT2D eigenvalue weighted by atomic mass is 35.5. The molecule has 0 aromatic heterocycles. The molecule has 0 spiro atoms. The number of benzene rings is 2. The predicted octanol–water partition coefficient (Wildman–Crippen LogP) is 4.85. The van der Waals surface area contributed by atoms with Gasteiger partial charge < -0.3 is 4.74 Å². The summed E-state index contributed by atoms with van der Waals surface area (Å²) in [6.45, 7) is 3.82. The molecule has 0 heterocycles. The molecular weight excluding hydrogens is 295 g/mol. The van der Waals surface area contributed by atoms with Gasteiger partial charge in [0.25, 0.3) is 0 Å². The normalized spacial score (nSPS) is 10.4. The van der Waals surface area contributed by atoms with Gasteiger partial charge in [-0.25, -0.2) is 0 Å². The Morgan fingerprint density at radius 1 is 1.05 bits per heavy atom. The van der Waals surface area contributed by atoms with E-state index in [1.165, 1.54) is 0 Å². The van der Waals surface area contributed by atoms with E-state index in [-0.39, 0.29) is 5.78 Å². The van der Waals surface area contributed by atoms with Gasteiger partial charge in [-0.2, -0.15) is 0 Å². The average Bonchev–Trinajstić information content (AvgIpc) is 2.37. The summed E-state index contributed by atoms with van der Waals surface area (Å²) in [6, 6.07) is 8.48. The molecule has 20 heavy (non-hydrogen) atoms. The Kier molecular flexibility index (Phi) is 4.36. The van der Waals surface area contributed by atoms with Gasteiger partial charge in [0.2, 0.25) is 0 Å². The second-order valence-electron chi connectivity index (χ2n) is 4.60. The average molecular weight is 309 g/mol. The summed E-state index contributed by atoms with van der Waals surface area (Å²) in [6.07, 6.45) is 0. The lowest BCUT2D eigenvalue weighted by Gasteiger charge is -2.11. The number of halogens is 2. The minimum absolute atomic E-state index is 0.125. The van der Waals surface area contributed by atoms with E-state index in [0.29, 0.717) is 21.2 Å². The molecule has 0 amide bonds. The van der Waals surface area contributed by atoms with E-state index < -0.39 is 0 Å². The Morgan fingerprint density at radius 3 is 2.15 bits per heavy atom. The van der Waals surface area contributed by atoms with Gasteiger partial charge in [-0.1, -0.05) is 23.2 Å². The van der Waals surface area contributed by atoms with Gasteiger partial charge in [0.05, 0.1) is 12.1 Å². The maximum atomic E-state index is 12.5. The number of rotatable bonds is 3. The van der Waals surface area contributed by atoms with Crippen molar-refractivity contribution in [2.24, 2.45) is 0 Å². The molecular formula is C16H14Cl2O2. The number of aryl methyl sites for hydroxylation is 2. The molecule has 0 saturated heterocycles. The van der Waals surface area contributed by atoms with Crippen LogP contribution in [-0.4, -0.2) is 12.9 Å². The zero-order valence-corrected chi connectivity index (χ0v) is 13.0. The number of ketones is 1. The molecule has 2 aromatic rings. The van der Waals surface area contributed by atoms with Crippen molar-refractivity contribution in [3.8, 4) is 5.75 Å². The number of carbonyl (C=O) groups is 1. The Bertz CT molecular complexity index is 655. The molecule has 0 saturated carbocycles. The van der Waals surface area contributed by atoms with E-state index in [2.05, 4.69) is 0 Å². The van der Waals surface area contributed by atoms with Crippen LogP contribution in [0.3, 0.4) is 0 Å². The summed E-state index contributed by atoms with van der Waals surface area (Å²) in [5.41, 5.74) is 2.87. The first kappa shape index (κ1) is 14.9. The molecule has 2 aromatic carbocycles. The molecule has 0 fully saturated rings. The van der Waals surface area contributed by atoms with Gasteiger partial charge in [0.1, 0.15) is 5.75 Å². The third-order valence-corrected chi connectivity index (χ3v) is 3.65. The molecule has 0 aliphatic heterocycles. The molecule has 2 nitrogen and oxygen atoms in total. The molecule has 104 valence electrons. The van der Waals surface area contributed by atoms with Crippen LogP contribution in [0.5, 0.6) is 5.75 Å². The van der Waals surface area contributed by atoms with E-state index in [1.54, 1.807) is 37.4 Å². The van der Waals surface area contributed by atoms with Crippen LogP contribution in [0.1, 0.15) is 27.0 Å². The summed E-state index contributed by atoms with van der Waals surface area (Å²) < 4.78 is 5.30.